The molecule has 98 valence electrons. The number of rotatable bonds is 4. The number of carbonyl (C=O) groups is 1. The number of carbonyl (C=O) groups excluding carboxylic acids is 1. The molecular formula is C13H24N2OS. The van der Waals surface area contributed by atoms with Crippen LogP contribution in [0.5, 0.6) is 0 Å². The lowest BCUT2D eigenvalue weighted by Gasteiger charge is -2.24. The molecule has 0 aromatic heterocycles. The molecule has 0 bridgehead atoms. The molecular weight excluding hydrogens is 232 g/mol. The Morgan fingerprint density at radius 2 is 2.29 bits per heavy atom. The van der Waals surface area contributed by atoms with Crippen molar-refractivity contribution in [1.29, 1.82) is 0 Å². The van der Waals surface area contributed by atoms with Gasteiger partial charge in [0.15, 0.2) is 0 Å². The SMILES string of the molecule is CCSC1CCC(NC(=O)[C@@H]2CCCNC2)C1. The molecule has 3 atom stereocenters. The molecule has 0 radical (unpaired) electrons. The minimum absolute atomic E-state index is 0.210. The molecule has 3 nitrogen and oxygen atoms in total. The third-order valence-corrected chi connectivity index (χ3v) is 5.03. The van der Waals surface area contributed by atoms with Crippen LogP contribution in [0.15, 0.2) is 0 Å². The van der Waals surface area contributed by atoms with Crippen molar-refractivity contribution >= 4 is 17.7 Å². The van der Waals surface area contributed by atoms with Crippen LogP contribution in [0.4, 0.5) is 0 Å². The van der Waals surface area contributed by atoms with Gasteiger partial charge in [-0.2, -0.15) is 11.8 Å². The first kappa shape index (κ1) is 13.2. The van der Waals surface area contributed by atoms with Gasteiger partial charge in [-0.1, -0.05) is 6.92 Å². The molecule has 0 aromatic carbocycles. The zero-order valence-corrected chi connectivity index (χ0v) is 11.5. The van der Waals surface area contributed by atoms with Crippen LogP contribution in [0.2, 0.25) is 0 Å². The lowest BCUT2D eigenvalue weighted by Crippen LogP contribution is -2.43. The number of hydrogen-bond acceptors (Lipinski definition) is 3. The summed E-state index contributed by atoms with van der Waals surface area (Å²) < 4.78 is 0. The number of thioether (sulfide) groups is 1. The maximum atomic E-state index is 12.1. The van der Waals surface area contributed by atoms with Gasteiger partial charge in [0.2, 0.25) is 5.91 Å². The summed E-state index contributed by atoms with van der Waals surface area (Å²) in [6.45, 7) is 4.15. The first-order chi connectivity index (χ1) is 8.29. The van der Waals surface area contributed by atoms with Crippen molar-refractivity contribution in [2.45, 2.75) is 50.3 Å². The zero-order chi connectivity index (χ0) is 12.1. The molecule has 1 saturated heterocycles. The van der Waals surface area contributed by atoms with E-state index < -0.39 is 0 Å². The normalized spacial score (nSPS) is 33.6. The topological polar surface area (TPSA) is 41.1 Å². The smallest absolute Gasteiger partial charge is 0.224 e. The molecule has 2 N–H and O–H groups in total. The van der Waals surface area contributed by atoms with Crippen molar-refractivity contribution in [3.8, 4) is 0 Å². The molecule has 1 saturated carbocycles. The fourth-order valence-electron chi connectivity index (χ4n) is 2.85. The summed E-state index contributed by atoms with van der Waals surface area (Å²) in [5, 5.41) is 7.32. The standard InChI is InChI=1S/C13H24N2OS/c1-2-17-12-6-5-11(8-12)15-13(16)10-4-3-7-14-9-10/h10-12,14H,2-9H2,1H3,(H,15,16)/t10-,11?,12?/m1/s1. The lowest BCUT2D eigenvalue weighted by atomic mass is 9.98. The number of nitrogens with one attached hydrogen (secondary N) is 2. The van der Waals surface area contributed by atoms with E-state index in [2.05, 4.69) is 17.6 Å². The molecule has 0 spiro atoms. The fraction of sp³-hybridized carbons (Fsp3) is 0.923. The Kier molecular flexibility index (Phi) is 5.16. The Hall–Kier alpha value is -0.220. The van der Waals surface area contributed by atoms with E-state index in [-0.39, 0.29) is 11.8 Å². The maximum Gasteiger partial charge on any atom is 0.224 e. The quantitative estimate of drug-likeness (QED) is 0.805. The highest BCUT2D eigenvalue weighted by Crippen LogP contribution is 2.29. The Morgan fingerprint density at radius 3 is 3.00 bits per heavy atom. The van der Waals surface area contributed by atoms with Gasteiger partial charge >= 0.3 is 0 Å². The average molecular weight is 256 g/mol. The number of hydrogen-bond donors (Lipinski definition) is 2. The van der Waals surface area contributed by atoms with E-state index in [0.29, 0.717) is 6.04 Å². The molecule has 0 aromatic rings. The average Bonchev–Trinajstić information content (AvgIpc) is 2.78. The van der Waals surface area contributed by atoms with Crippen LogP contribution in [0.25, 0.3) is 0 Å². The van der Waals surface area contributed by atoms with Gasteiger partial charge in [0.05, 0.1) is 5.92 Å². The van der Waals surface area contributed by atoms with Gasteiger partial charge in [0.25, 0.3) is 0 Å². The summed E-state index contributed by atoms with van der Waals surface area (Å²) in [5.74, 6) is 1.68. The van der Waals surface area contributed by atoms with Crippen LogP contribution in [0, 0.1) is 5.92 Å². The van der Waals surface area contributed by atoms with E-state index in [0.717, 1.165) is 31.2 Å². The van der Waals surface area contributed by atoms with Crippen LogP contribution < -0.4 is 10.6 Å². The molecule has 4 heteroatoms. The van der Waals surface area contributed by atoms with Crippen LogP contribution in [0.3, 0.4) is 0 Å². The van der Waals surface area contributed by atoms with E-state index in [9.17, 15) is 4.79 Å². The second-order valence-electron chi connectivity index (χ2n) is 5.14. The second kappa shape index (κ2) is 6.64. The summed E-state index contributed by atoms with van der Waals surface area (Å²) in [4.78, 5) is 12.1. The molecule has 2 fully saturated rings. The van der Waals surface area contributed by atoms with Gasteiger partial charge in [-0.05, 0) is 44.4 Å². The molecule has 2 aliphatic rings. The van der Waals surface area contributed by atoms with E-state index >= 15 is 0 Å². The van der Waals surface area contributed by atoms with Crippen molar-refractivity contribution in [3.63, 3.8) is 0 Å². The van der Waals surface area contributed by atoms with Gasteiger partial charge in [0, 0.05) is 17.8 Å². The van der Waals surface area contributed by atoms with Crippen molar-refractivity contribution in [3.05, 3.63) is 0 Å². The monoisotopic (exact) mass is 256 g/mol. The molecule has 17 heavy (non-hydrogen) atoms. The molecule has 1 aliphatic heterocycles. The molecule has 2 unspecified atom stereocenters. The van der Waals surface area contributed by atoms with E-state index in [1.165, 1.54) is 25.0 Å². The predicted octanol–water partition coefficient (Wildman–Crippen LogP) is 1.78. The third kappa shape index (κ3) is 3.88. The highest BCUT2D eigenvalue weighted by Gasteiger charge is 2.28. The Bertz CT molecular complexity index is 254. The molecule has 1 heterocycles. The van der Waals surface area contributed by atoms with E-state index in [1.807, 2.05) is 11.8 Å². The molecule has 1 amide bonds. The van der Waals surface area contributed by atoms with Gasteiger partial charge < -0.3 is 10.6 Å². The highest BCUT2D eigenvalue weighted by molar-refractivity contribution is 7.99. The Morgan fingerprint density at radius 1 is 1.41 bits per heavy atom. The van der Waals surface area contributed by atoms with Crippen LogP contribution in [-0.4, -0.2) is 36.0 Å². The van der Waals surface area contributed by atoms with Crippen molar-refractivity contribution in [2.24, 2.45) is 5.92 Å². The summed E-state index contributed by atoms with van der Waals surface area (Å²) in [6, 6.07) is 0.438. The third-order valence-electron chi connectivity index (χ3n) is 3.80. The Balaban J connectivity index is 1.71. The van der Waals surface area contributed by atoms with Crippen LogP contribution >= 0.6 is 11.8 Å². The zero-order valence-electron chi connectivity index (χ0n) is 10.7. The summed E-state index contributed by atoms with van der Waals surface area (Å²) in [5.41, 5.74) is 0. The van der Waals surface area contributed by atoms with Crippen molar-refractivity contribution < 1.29 is 4.79 Å². The summed E-state index contributed by atoms with van der Waals surface area (Å²) >= 11 is 2.04. The minimum Gasteiger partial charge on any atom is -0.353 e. The van der Waals surface area contributed by atoms with Crippen LogP contribution in [-0.2, 0) is 4.79 Å². The van der Waals surface area contributed by atoms with Gasteiger partial charge in [-0.25, -0.2) is 0 Å². The Labute approximate surface area is 108 Å². The van der Waals surface area contributed by atoms with Gasteiger partial charge in [-0.15, -0.1) is 0 Å². The van der Waals surface area contributed by atoms with Crippen LogP contribution in [0.1, 0.15) is 39.0 Å². The van der Waals surface area contributed by atoms with Crippen molar-refractivity contribution in [1.82, 2.24) is 10.6 Å². The molecule has 1 aliphatic carbocycles. The van der Waals surface area contributed by atoms with Gasteiger partial charge in [0.1, 0.15) is 0 Å². The van der Waals surface area contributed by atoms with E-state index in [4.69, 9.17) is 0 Å². The lowest BCUT2D eigenvalue weighted by molar-refractivity contribution is -0.126. The predicted molar refractivity (Wildman–Crippen MR) is 73.3 cm³/mol. The van der Waals surface area contributed by atoms with Gasteiger partial charge in [-0.3, -0.25) is 4.79 Å². The summed E-state index contributed by atoms with van der Waals surface area (Å²) in [7, 11) is 0. The second-order valence-corrected chi connectivity index (χ2v) is 6.72. The number of amides is 1. The maximum absolute atomic E-state index is 12.1. The minimum atomic E-state index is 0.210. The summed E-state index contributed by atoms with van der Waals surface area (Å²) in [6.07, 6.45) is 5.80. The largest absolute Gasteiger partial charge is 0.353 e. The highest BCUT2D eigenvalue weighted by atomic mass is 32.2. The number of piperidine rings is 1. The fourth-order valence-corrected chi connectivity index (χ4v) is 4.00. The van der Waals surface area contributed by atoms with Crippen molar-refractivity contribution in [2.75, 3.05) is 18.8 Å². The first-order valence-electron chi connectivity index (χ1n) is 6.92. The molecule has 2 rings (SSSR count). The first-order valence-corrected chi connectivity index (χ1v) is 7.97. The van der Waals surface area contributed by atoms with E-state index in [1.54, 1.807) is 0 Å².